The molecular weight excluding hydrogens is 454 g/mol. The van der Waals surface area contributed by atoms with Gasteiger partial charge in [-0.1, -0.05) is 0 Å². The van der Waals surface area contributed by atoms with E-state index >= 15 is 0 Å². The standard InChI is InChI=1S/C25H31N3O7/c1-4-32-20-10-8-19(9-11-20)27-23(29)13-14-24(30)28-26-16-18-7-12-21(22(15-18)33-5-2)35-17-25(31)34-6-3/h7-12,15-16H,4-6,13-14,17H2,1-3H3,(H,27,29)(H,28,30). The van der Waals surface area contributed by atoms with E-state index in [2.05, 4.69) is 15.8 Å². The van der Waals surface area contributed by atoms with E-state index in [-0.39, 0.29) is 32.0 Å². The summed E-state index contributed by atoms with van der Waals surface area (Å²) in [5.74, 6) is 0.375. The van der Waals surface area contributed by atoms with Crippen molar-refractivity contribution in [3.63, 3.8) is 0 Å². The molecule has 0 bridgehead atoms. The molecule has 0 heterocycles. The summed E-state index contributed by atoms with van der Waals surface area (Å²) in [6.45, 7) is 6.43. The summed E-state index contributed by atoms with van der Waals surface area (Å²) in [7, 11) is 0. The van der Waals surface area contributed by atoms with Crippen molar-refractivity contribution in [3.8, 4) is 17.2 Å². The first-order chi connectivity index (χ1) is 16.9. The highest BCUT2D eigenvalue weighted by atomic mass is 16.6. The summed E-state index contributed by atoms with van der Waals surface area (Å²) >= 11 is 0. The number of carbonyl (C=O) groups is 3. The van der Waals surface area contributed by atoms with Gasteiger partial charge in [0.15, 0.2) is 18.1 Å². The molecule has 0 aliphatic carbocycles. The number of carbonyl (C=O) groups excluding carboxylic acids is 3. The molecule has 0 aromatic heterocycles. The molecule has 2 amide bonds. The van der Waals surface area contributed by atoms with Crippen molar-refractivity contribution in [3.05, 3.63) is 48.0 Å². The predicted molar refractivity (Wildman–Crippen MR) is 131 cm³/mol. The monoisotopic (exact) mass is 485 g/mol. The third-order valence-corrected chi connectivity index (χ3v) is 4.35. The van der Waals surface area contributed by atoms with E-state index in [1.807, 2.05) is 13.8 Å². The highest BCUT2D eigenvalue weighted by molar-refractivity contribution is 5.93. The Balaban J connectivity index is 1.81. The van der Waals surface area contributed by atoms with Gasteiger partial charge in [0, 0.05) is 18.5 Å². The zero-order chi connectivity index (χ0) is 25.5. The first kappa shape index (κ1) is 27.2. The lowest BCUT2D eigenvalue weighted by Gasteiger charge is -2.12. The average molecular weight is 486 g/mol. The minimum Gasteiger partial charge on any atom is -0.494 e. The van der Waals surface area contributed by atoms with Crippen LogP contribution in [0.25, 0.3) is 0 Å². The van der Waals surface area contributed by atoms with Gasteiger partial charge < -0.3 is 24.3 Å². The van der Waals surface area contributed by atoms with Crippen molar-refractivity contribution in [2.45, 2.75) is 33.6 Å². The van der Waals surface area contributed by atoms with Gasteiger partial charge in [0.25, 0.3) is 0 Å². The minimum absolute atomic E-state index is 0.00948. The summed E-state index contributed by atoms with van der Waals surface area (Å²) < 4.78 is 21.2. The summed E-state index contributed by atoms with van der Waals surface area (Å²) in [4.78, 5) is 35.6. The Morgan fingerprint density at radius 1 is 0.829 bits per heavy atom. The fourth-order valence-corrected chi connectivity index (χ4v) is 2.82. The number of hydrogen-bond acceptors (Lipinski definition) is 8. The quantitative estimate of drug-likeness (QED) is 0.239. The third-order valence-electron chi connectivity index (χ3n) is 4.35. The smallest absolute Gasteiger partial charge is 0.344 e. The first-order valence-corrected chi connectivity index (χ1v) is 11.3. The first-order valence-electron chi connectivity index (χ1n) is 11.3. The predicted octanol–water partition coefficient (Wildman–Crippen LogP) is 3.29. The lowest BCUT2D eigenvalue weighted by molar-refractivity contribution is -0.145. The minimum atomic E-state index is -0.475. The lowest BCUT2D eigenvalue weighted by atomic mass is 10.2. The Kier molecular flexibility index (Phi) is 11.6. The van der Waals surface area contributed by atoms with Gasteiger partial charge >= 0.3 is 5.97 Å². The molecule has 2 N–H and O–H groups in total. The molecule has 2 rings (SSSR count). The van der Waals surface area contributed by atoms with Gasteiger partial charge in [-0.3, -0.25) is 9.59 Å². The van der Waals surface area contributed by atoms with Crippen LogP contribution in [0.3, 0.4) is 0 Å². The number of anilines is 1. The second kappa shape index (κ2) is 14.9. The number of hydrazone groups is 1. The van der Waals surface area contributed by atoms with Gasteiger partial charge in [0.2, 0.25) is 11.8 Å². The lowest BCUT2D eigenvalue weighted by Crippen LogP contribution is -2.20. The van der Waals surface area contributed by atoms with E-state index in [9.17, 15) is 14.4 Å². The van der Waals surface area contributed by atoms with Gasteiger partial charge in [-0.25, -0.2) is 10.2 Å². The van der Waals surface area contributed by atoms with Crippen molar-refractivity contribution >= 4 is 29.7 Å². The number of esters is 1. The Morgan fingerprint density at radius 3 is 2.23 bits per heavy atom. The summed E-state index contributed by atoms with van der Waals surface area (Å²) in [6.07, 6.45) is 1.43. The Bertz CT molecular complexity index is 1010. The van der Waals surface area contributed by atoms with Gasteiger partial charge in [0.1, 0.15) is 5.75 Å². The molecule has 0 aliphatic heterocycles. The molecule has 0 aliphatic rings. The number of rotatable bonds is 14. The van der Waals surface area contributed by atoms with E-state index < -0.39 is 11.9 Å². The molecular formula is C25H31N3O7. The topological polar surface area (TPSA) is 125 Å². The van der Waals surface area contributed by atoms with Crippen LogP contribution >= 0.6 is 0 Å². The summed E-state index contributed by atoms with van der Waals surface area (Å²) in [5.41, 5.74) is 3.66. The van der Waals surface area contributed by atoms with Crippen molar-refractivity contribution in [1.82, 2.24) is 5.43 Å². The van der Waals surface area contributed by atoms with E-state index in [4.69, 9.17) is 18.9 Å². The highest BCUT2D eigenvalue weighted by Crippen LogP contribution is 2.28. The van der Waals surface area contributed by atoms with Crippen molar-refractivity contribution in [1.29, 1.82) is 0 Å². The van der Waals surface area contributed by atoms with Gasteiger partial charge in [-0.05, 0) is 68.8 Å². The highest BCUT2D eigenvalue weighted by Gasteiger charge is 2.10. The molecule has 0 radical (unpaired) electrons. The maximum Gasteiger partial charge on any atom is 0.344 e. The second-order valence-electron chi connectivity index (χ2n) is 7.03. The molecule has 0 atom stereocenters. The largest absolute Gasteiger partial charge is 0.494 e. The van der Waals surface area contributed by atoms with Gasteiger partial charge in [0.05, 0.1) is 26.0 Å². The van der Waals surface area contributed by atoms with E-state index in [1.54, 1.807) is 49.4 Å². The zero-order valence-corrected chi connectivity index (χ0v) is 20.2. The number of nitrogens with zero attached hydrogens (tertiary/aromatic N) is 1. The number of ether oxygens (including phenoxy) is 4. The maximum atomic E-state index is 12.1. The number of nitrogens with one attached hydrogen (secondary N) is 2. The number of amides is 2. The van der Waals surface area contributed by atoms with Crippen molar-refractivity contribution in [2.24, 2.45) is 5.10 Å². The van der Waals surface area contributed by atoms with Crippen LogP contribution in [0.15, 0.2) is 47.6 Å². The number of hydrogen-bond donors (Lipinski definition) is 2. The molecule has 0 fully saturated rings. The van der Waals surface area contributed by atoms with E-state index in [1.165, 1.54) is 6.21 Å². The second-order valence-corrected chi connectivity index (χ2v) is 7.03. The fraction of sp³-hybridized carbons (Fsp3) is 0.360. The summed E-state index contributed by atoms with van der Waals surface area (Å²) in [5, 5.41) is 6.65. The molecule has 35 heavy (non-hydrogen) atoms. The number of benzene rings is 2. The Hall–Kier alpha value is -4.08. The molecule has 10 heteroatoms. The molecule has 2 aromatic carbocycles. The molecule has 0 spiro atoms. The van der Waals surface area contributed by atoms with Crippen LogP contribution in [0.1, 0.15) is 39.2 Å². The Morgan fingerprint density at radius 2 is 1.54 bits per heavy atom. The SMILES string of the molecule is CCOC(=O)COc1ccc(C=NNC(=O)CCC(=O)Nc2ccc(OCC)cc2)cc1OCC. The molecule has 0 saturated carbocycles. The van der Waals surface area contributed by atoms with Crippen LogP contribution in [0.4, 0.5) is 5.69 Å². The Labute approximate surface area is 204 Å². The fourth-order valence-electron chi connectivity index (χ4n) is 2.82. The van der Waals surface area contributed by atoms with Crippen LogP contribution in [-0.2, 0) is 19.1 Å². The molecule has 10 nitrogen and oxygen atoms in total. The van der Waals surface area contributed by atoms with Crippen molar-refractivity contribution in [2.75, 3.05) is 31.7 Å². The zero-order valence-electron chi connectivity index (χ0n) is 20.2. The van der Waals surface area contributed by atoms with Gasteiger partial charge in [-0.2, -0.15) is 5.10 Å². The van der Waals surface area contributed by atoms with Crippen LogP contribution < -0.4 is 25.0 Å². The molecule has 188 valence electrons. The third kappa shape index (κ3) is 10.2. The summed E-state index contributed by atoms with van der Waals surface area (Å²) in [6, 6.07) is 12.0. The maximum absolute atomic E-state index is 12.1. The van der Waals surface area contributed by atoms with Crippen LogP contribution in [0.5, 0.6) is 17.2 Å². The van der Waals surface area contributed by atoms with Crippen LogP contribution in [-0.4, -0.2) is 50.4 Å². The molecule has 0 unspecified atom stereocenters. The average Bonchev–Trinajstić information content (AvgIpc) is 2.84. The molecule has 0 saturated heterocycles. The van der Waals surface area contributed by atoms with Gasteiger partial charge in [-0.15, -0.1) is 0 Å². The molecule has 2 aromatic rings. The van der Waals surface area contributed by atoms with Crippen LogP contribution in [0.2, 0.25) is 0 Å². The normalized spacial score (nSPS) is 10.5. The van der Waals surface area contributed by atoms with Crippen molar-refractivity contribution < 1.29 is 33.3 Å². The van der Waals surface area contributed by atoms with E-state index in [0.29, 0.717) is 36.0 Å². The van der Waals surface area contributed by atoms with Crippen LogP contribution in [0, 0.1) is 0 Å². The van der Waals surface area contributed by atoms with E-state index in [0.717, 1.165) is 5.75 Å².